The van der Waals surface area contributed by atoms with Gasteiger partial charge in [-0.2, -0.15) is 0 Å². The molecule has 0 saturated carbocycles. The normalized spacial score (nSPS) is 17.0. The SMILES string of the molecule is CCCNC(=O)C(C)=CN1CCCNC1=O. The molecule has 1 fully saturated rings. The molecule has 1 aliphatic heterocycles. The molecule has 3 amide bonds. The highest BCUT2D eigenvalue weighted by Gasteiger charge is 2.16. The maximum Gasteiger partial charge on any atom is 0.321 e. The van der Waals surface area contributed by atoms with E-state index < -0.39 is 0 Å². The van der Waals surface area contributed by atoms with Gasteiger partial charge in [-0.15, -0.1) is 0 Å². The van der Waals surface area contributed by atoms with Crippen LogP contribution in [0.25, 0.3) is 0 Å². The number of hydrogen-bond acceptors (Lipinski definition) is 2. The van der Waals surface area contributed by atoms with E-state index in [0.717, 1.165) is 12.8 Å². The molecule has 16 heavy (non-hydrogen) atoms. The van der Waals surface area contributed by atoms with E-state index >= 15 is 0 Å². The quantitative estimate of drug-likeness (QED) is 0.696. The fourth-order valence-corrected chi connectivity index (χ4v) is 1.44. The van der Waals surface area contributed by atoms with Crippen LogP contribution in [0.15, 0.2) is 11.8 Å². The Morgan fingerprint density at radius 2 is 2.38 bits per heavy atom. The summed E-state index contributed by atoms with van der Waals surface area (Å²) in [5.41, 5.74) is 0.561. The highest BCUT2D eigenvalue weighted by atomic mass is 16.2. The molecule has 0 radical (unpaired) electrons. The Morgan fingerprint density at radius 3 is 3.00 bits per heavy atom. The van der Waals surface area contributed by atoms with Crippen molar-refractivity contribution in [1.82, 2.24) is 15.5 Å². The molecule has 0 spiro atoms. The molecule has 1 aliphatic rings. The first-order valence-corrected chi connectivity index (χ1v) is 5.66. The zero-order valence-corrected chi connectivity index (χ0v) is 9.88. The number of nitrogens with zero attached hydrogens (tertiary/aromatic N) is 1. The van der Waals surface area contributed by atoms with Gasteiger partial charge in [0.15, 0.2) is 0 Å². The maximum atomic E-state index is 11.5. The van der Waals surface area contributed by atoms with E-state index in [1.165, 1.54) is 0 Å². The highest BCUT2D eigenvalue weighted by molar-refractivity contribution is 5.93. The summed E-state index contributed by atoms with van der Waals surface area (Å²) in [4.78, 5) is 24.5. The number of carbonyl (C=O) groups is 2. The minimum atomic E-state index is -0.131. The Morgan fingerprint density at radius 1 is 1.62 bits per heavy atom. The van der Waals surface area contributed by atoms with Gasteiger partial charge in [0.25, 0.3) is 0 Å². The zero-order valence-electron chi connectivity index (χ0n) is 9.88. The smallest absolute Gasteiger partial charge is 0.321 e. The summed E-state index contributed by atoms with van der Waals surface area (Å²) < 4.78 is 0. The van der Waals surface area contributed by atoms with Crippen molar-refractivity contribution in [3.8, 4) is 0 Å². The Balaban J connectivity index is 2.53. The number of amides is 3. The molecule has 1 saturated heterocycles. The van der Waals surface area contributed by atoms with Crippen molar-refractivity contribution in [3.05, 3.63) is 11.8 Å². The molecular weight excluding hydrogens is 206 g/mol. The lowest BCUT2D eigenvalue weighted by Gasteiger charge is -2.24. The van der Waals surface area contributed by atoms with Gasteiger partial charge in [0.2, 0.25) is 5.91 Å². The van der Waals surface area contributed by atoms with Gasteiger partial charge in [0.05, 0.1) is 0 Å². The first kappa shape index (κ1) is 12.5. The summed E-state index contributed by atoms with van der Waals surface area (Å²) in [5.74, 6) is -0.111. The number of carbonyl (C=O) groups excluding carboxylic acids is 2. The van der Waals surface area contributed by atoms with Crippen molar-refractivity contribution < 1.29 is 9.59 Å². The van der Waals surface area contributed by atoms with E-state index in [1.54, 1.807) is 18.0 Å². The fourth-order valence-electron chi connectivity index (χ4n) is 1.44. The maximum absolute atomic E-state index is 11.5. The molecular formula is C11H19N3O2. The summed E-state index contributed by atoms with van der Waals surface area (Å²) in [6.07, 6.45) is 3.43. The van der Waals surface area contributed by atoms with Gasteiger partial charge in [-0.25, -0.2) is 4.79 Å². The molecule has 0 bridgehead atoms. The molecule has 5 nitrogen and oxygen atoms in total. The van der Waals surface area contributed by atoms with E-state index in [2.05, 4.69) is 10.6 Å². The Bertz CT molecular complexity index is 300. The van der Waals surface area contributed by atoms with E-state index in [0.29, 0.717) is 25.2 Å². The molecule has 2 N–H and O–H groups in total. The fraction of sp³-hybridized carbons (Fsp3) is 0.636. The number of nitrogens with one attached hydrogen (secondary N) is 2. The summed E-state index contributed by atoms with van der Waals surface area (Å²) >= 11 is 0. The third-order valence-electron chi connectivity index (χ3n) is 2.36. The lowest BCUT2D eigenvalue weighted by atomic mass is 10.2. The second kappa shape index (κ2) is 6.15. The van der Waals surface area contributed by atoms with Crippen LogP contribution in [0.1, 0.15) is 26.7 Å². The molecule has 90 valence electrons. The van der Waals surface area contributed by atoms with Crippen molar-refractivity contribution in [2.75, 3.05) is 19.6 Å². The average Bonchev–Trinajstić information content (AvgIpc) is 2.28. The van der Waals surface area contributed by atoms with E-state index in [9.17, 15) is 9.59 Å². The molecule has 0 aliphatic carbocycles. The van der Waals surface area contributed by atoms with Crippen LogP contribution in [0.5, 0.6) is 0 Å². The van der Waals surface area contributed by atoms with Gasteiger partial charge in [-0.1, -0.05) is 6.92 Å². The van der Waals surface area contributed by atoms with Crippen molar-refractivity contribution in [3.63, 3.8) is 0 Å². The Labute approximate surface area is 95.9 Å². The zero-order chi connectivity index (χ0) is 12.0. The van der Waals surface area contributed by atoms with Crippen LogP contribution in [0.3, 0.4) is 0 Å². The number of urea groups is 1. The summed E-state index contributed by atoms with van der Waals surface area (Å²) in [7, 11) is 0. The predicted molar refractivity (Wildman–Crippen MR) is 61.8 cm³/mol. The molecule has 0 aromatic heterocycles. The van der Waals surface area contributed by atoms with Crippen LogP contribution < -0.4 is 10.6 Å². The lowest BCUT2D eigenvalue weighted by Crippen LogP contribution is -2.43. The molecule has 5 heteroatoms. The first-order valence-electron chi connectivity index (χ1n) is 5.66. The van der Waals surface area contributed by atoms with Crippen LogP contribution >= 0.6 is 0 Å². The summed E-state index contributed by atoms with van der Waals surface area (Å²) in [6.45, 7) is 5.76. The molecule has 0 unspecified atom stereocenters. The minimum absolute atomic E-state index is 0.111. The van der Waals surface area contributed by atoms with Gasteiger partial charge in [-0.05, 0) is 19.8 Å². The Kier molecular flexibility index (Phi) is 4.82. The van der Waals surface area contributed by atoms with Crippen LogP contribution in [-0.4, -0.2) is 36.5 Å². The van der Waals surface area contributed by atoms with E-state index in [-0.39, 0.29) is 11.9 Å². The second-order valence-electron chi connectivity index (χ2n) is 3.85. The van der Waals surface area contributed by atoms with Crippen LogP contribution in [-0.2, 0) is 4.79 Å². The summed E-state index contributed by atoms with van der Waals surface area (Å²) in [6, 6.07) is -0.131. The van der Waals surface area contributed by atoms with Crippen molar-refractivity contribution >= 4 is 11.9 Å². The van der Waals surface area contributed by atoms with Crippen molar-refractivity contribution in [2.45, 2.75) is 26.7 Å². The standard InChI is InChI=1S/C11H19N3O2/c1-3-5-12-10(15)9(2)8-14-7-4-6-13-11(14)16/h8H,3-7H2,1-2H3,(H,12,15)(H,13,16). The van der Waals surface area contributed by atoms with Gasteiger partial charge in [0.1, 0.15) is 0 Å². The number of rotatable bonds is 4. The second-order valence-corrected chi connectivity index (χ2v) is 3.85. The van der Waals surface area contributed by atoms with E-state index in [4.69, 9.17) is 0 Å². The van der Waals surface area contributed by atoms with Gasteiger partial charge < -0.3 is 15.5 Å². The minimum Gasteiger partial charge on any atom is -0.352 e. The van der Waals surface area contributed by atoms with Crippen molar-refractivity contribution in [2.24, 2.45) is 0 Å². The first-order chi connectivity index (χ1) is 7.65. The largest absolute Gasteiger partial charge is 0.352 e. The Hall–Kier alpha value is -1.52. The topological polar surface area (TPSA) is 61.4 Å². The molecule has 0 atom stereocenters. The monoisotopic (exact) mass is 225 g/mol. The molecule has 0 aromatic carbocycles. The average molecular weight is 225 g/mol. The van der Waals surface area contributed by atoms with Crippen LogP contribution in [0, 0.1) is 0 Å². The predicted octanol–water partition coefficient (Wildman–Crippen LogP) is 0.832. The van der Waals surface area contributed by atoms with Gasteiger partial charge in [-0.3, -0.25) is 4.79 Å². The lowest BCUT2D eigenvalue weighted by molar-refractivity contribution is -0.117. The highest BCUT2D eigenvalue weighted by Crippen LogP contribution is 2.03. The third kappa shape index (κ3) is 3.56. The van der Waals surface area contributed by atoms with Crippen molar-refractivity contribution in [1.29, 1.82) is 0 Å². The van der Waals surface area contributed by atoms with E-state index in [1.807, 2.05) is 6.92 Å². The molecule has 1 heterocycles. The van der Waals surface area contributed by atoms with Gasteiger partial charge >= 0.3 is 6.03 Å². The van der Waals surface area contributed by atoms with Crippen LogP contribution in [0.4, 0.5) is 4.79 Å². The summed E-state index contributed by atoms with van der Waals surface area (Å²) in [5, 5.41) is 5.50. The molecule has 1 rings (SSSR count). The third-order valence-corrected chi connectivity index (χ3v) is 2.36. The molecule has 0 aromatic rings. The number of hydrogen-bond donors (Lipinski definition) is 2. The van der Waals surface area contributed by atoms with Gasteiger partial charge in [0, 0.05) is 31.4 Å². The van der Waals surface area contributed by atoms with Crippen LogP contribution in [0.2, 0.25) is 0 Å².